The normalized spacial score (nSPS) is 16.4. The molecule has 0 aliphatic carbocycles. The van der Waals surface area contributed by atoms with E-state index < -0.39 is 7.75 Å². The van der Waals surface area contributed by atoms with Crippen LogP contribution in [0.5, 0.6) is 0 Å². The van der Waals surface area contributed by atoms with Gasteiger partial charge in [0.15, 0.2) is 0 Å². The molecule has 1 saturated heterocycles. The van der Waals surface area contributed by atoms with Gasteiger partial charge in [0.25, 0.3) is 0 Å². The smallest absolute Gasteiger partial charge is 0.340 e. The first-order valence-corrected chi connectivity index (χ1v) is 11.7. The number of rotatable bonds is 13. The molecule has 0 atom stereocenters. The largest absolute Gasteiger partial charge is 0.405 e. The van der Waals surface area contributed by atoms with E-state index in [1.165, 1.54) is 0 Å². The molecular formula is C18H38N3O4P. The molecule has 7 nitrogen and oxygen atoms in total. The summed E-state index contributed by atoms with van der Waals surface area (Å²) in [5.74, 6) is 0.505. The summed E-state index contributed by atoms with van der Waals surface area (Å²) in [6.45, 7) is 13.1. The third-order valence-electron chi connectivity index (χ3n) is 4.64. The third kappa shape index (κ3) is 8.05. The maximum atomic E-state index is 12.7. The molecule has 0 aromatic heterocycles. The minimum atomic E-state index is -3.18. The van der Waals surface area contributed by atoms with Gasteiger partial charge in [0.1, 0.15) is 0 Å². The number of nitrogens with zero attached hydrogens (tertiary/aromatic N) is 2. The van der Waals surface area contributed by atoms with Gasteiger partial charge in [-0.3, -0.25) is 18.7 Å². The van der Waals surface area contributed by atoms with Gasteiger partial charge >= 0.3 is 7.75 Å². The summed E-state index contributed by atoms with van der Waals surface area (Å²) in [4.78, 5) is 17.0. The fourth-order valence-electron chi connectivity index (χ4n) is 3.35. The summed E-state index contributed by atoms with van der Waals surface area (Å²) in [6, 6.07) is 0. The van der Waals surface area contributed by atoms with Gasteiger partial charge in [0.2, 0.25) is 5.91 Å². The molecule has 1 aliphatic rings. The highest BCUT2D eigenvalue weighted by atomic mass is 31.2. The second kappa shape index (κ2) is 12.8. The summed E-state index contributed by atoms with van der Waals surface area (Å²) < 4.78 is 22.8. The molecule has 1 aliphatic heterocycles. The molecule has 0 aromatic rings. The van der Waals surface area contributed by atoms with Crippen molar-refractivity contribution >= 4 is 13.7 Å². The van der Waals surface area contributed by atoms with E-state index in [9.17, 15) is 9.36 Å². The summed E-state index contributed by atoms with van der Waals surface area (Å²) >= 11 is 0. The van der Waals surface area contributed by atoms with Crippen LogP contribution in [0.15, 0.2) is 0 Å². The van der Waals surface area contributed by atoms with Gasteiger partial charge in [-0.1, -0.05) is 26.7 Å². The van der Waals surface area contributed by atoms with Gasteiger partial charge in [0, 0.05) is 45.2 Å². The molecule has 1 amide bonds. The highest BCUT2D eigenvalue weighted by molar-refractivity contribution is 7.51. The van der Waals surface area contributed by atoms with Crippen molar-refractivity contribution in [2.75, 3.05) is 52.5 Å². The van der Waals surface area contributed by atoms with E-state index in [1.54, 1.807) is 13.8 Å². The topological polar surface area (TPSA) is 71.1 Å². The average molecular weight is 391 g/mol. The predicted octanol–water partition coefficient (Wildman–Crippen LogP) is 3.12. The number of piperazine rings is 1. The fraction of sp³-hybridized carbons (Fsp3) is 0.944. The van der Waals surface area contributed by atoms with Crippen LogP contribution in [0.25, 0.3) is 0 Å². The molecule has 0 unspecified atom stereocenters. The number of carbonyl (C=O) groups excluding carboxylic acids is 1. The van der Waals surface area contributed by atoms with Crippen molar-refractivity contribution < 1.29 is 18.4 Å². The summed E-state index contributed by atoms with van der Waals surface area (Å²) in [5.41, 5.74) is 0. The van der Waals surface area contributed by atoms with E-state index in [0.717, 1.165) is 58.4 Å². The zero-order valence-electron chi connectivity index (χ0n) is 17.0. The zero-order chi connectivity index (χ0) is 19.4. The van der Waals surface area contributed by atoms with Crippen LogP contribution < -0.4 is 5.09 Å². The Kier molecular flexibility index (Phi) is 11.6. The van der Waals surface area contributed by atoms with Crippen LogP contribution in [0.3, 0.4) is 0 Å². The lowest BCUT2D eigenvalue weighted by molar-refractivity contribution is -0.137. The number of hydrogen-bond donors (Lipinski definition) is 1. The summed E-state index contributed by atoms with van der Waals surface area (Å²) in [5, 5.41) is 2.92. The second-order valence-corrected chi connectivity index (χ2v) is 8.51. The Morgan fingerprint density at radius 1 is 1.00 bits per heavy atom. The van der Waals surface area contributed by atoms with Crippen LogP contribution in [0.1, 0.15) is 53.4 Å². The zero-order valence-corrected chi connectivity index (χ0v) is 17.9. The van der Waals surface area contributed by atoms with Gasteiger partial charge in [-0.25, -0.2) is 9.65 Å². The molecule has 0 spiro atoms. The van der Waals surface area contributed by atoms with E-state index in [1.807, 2.05) is 4.90 Å². The molecule has 0 saturated carbocycles. The highest BCUT2D eigenvalue weighted by Crippen LogP contribution is 2.42. The average Bonchev–Trinajstić information content (AvgIpc) is 2.62. The van der Waals surface area contributed by atoms with Crippen molar-refractivity contribution in [2.45, 2.75) is 53.4 Å². The minimum absolute atomic E-state index is 0.182. The number of amides is 1. The Balaban J connectivity index is 2.37. The van der Waals surface area contributed by atoms with Gasteiger partial charge < -0.3 is 4.90 Å². The molecule has 154 valence electrons. The van der Waals surface area contributed by atoms with E-state index >= 15 is 0 Å². The van der Waals surface area contributed by atoms with Crippen molar-refractivity contribution in [1.29, 1.82) is 0 Å². The Labute approximate surface area is 159 Å². The monoisotopic (exact) mass is 391 g/mol. The van der Waals surface area contributed by atoms with Crippen LogP contribution in [0, 0.1) is 5.92 Å². The van der Waals surface area contributed by atoms with Crippen LogP contribution in [0.4, 0.5) is 0 Å². The van der Waals surface area contributed by atoms with Crippen molar-refractivity contribution in [1.82, 2.24) is 14.9 Å². The molecular weight excluding hydrogens is 353 g/mol. The van der Waals surface area contributed by atoms with E-state index in [4.69, 9.17) is 9.05 Å². The maximum absolute atomic E-state index is 12.7. The first-order valence-electron chi connectivity index (χ1n) is 10.1. The first-order chi connectivity index (χ1) is 12.5. The number of hydrogen-bond acceptors (Lipinski definition) is 5. The molecule has 0 bridgehead atoms. The Hall–Kier alpha value is -0.460. The third-order valence-corrected chi connectivity index (χ3v) is 6.45. The van der Waals surface area contributed by atoms with E-state index in [-0.39, 0.29) is 5.92 Å². The lowest BCUT2D eigenvalue weighted by Gasteiger charge is -2.36. The molecule has 1 N–H and O–H groups in total. The Morgan fingerprint density at radius 2 is 1.54 bits per heavy atom. The fourth-order valence-corrected chi connectivity index (χ4v) is 4.66. The predicted molar refractivity (Wildman–Crippen MR) is 105 cm³/mol. The molecule has 1 fully saturated rings. The van der Waals surface area contributed by atoms with Gasteiger partial charge in [-0.15, -0.1) is 0 Å². The molecule has 26 heavy (non-hydrogen) atoms. The van der Waals surface area contributed by atoms with Gasteiger partial charge in [0.05, 0.1) is 13.2 Å². The molecule has 8 heteroatoms. The number of nitrogens with one attached hydrogen (secondary N) is 1. The van der Waals surface area contributed by atoms with Crippen molar-refractivity contribution in [3.8, 4) is 0 Å². The van der Waals surface area contributed by atoms with Crippen LogP contribution in [-0.4, -0.2) is 68.2 Å². The van der Waals surface area contributed by atoms with Crippen LogP contribution in [-0.2, 0) is 18.4 Å². The quantitative estimate of drug-likeness (QED) is 0.487. The van der Waals surface area contributed by atoms with Gasteiger partial charge in [-0.05, 0) is 26.7 Å². The van der Waals surface area contributed by atoms with Crippen LogP contribution >= 0.6 is 7.75 Å². The standard InChI is InChI=1S/C18H38N3O4P/c1-5-9-17(10-6-2)18(22)21-15-13-20(14-16-21)12-11-19-26(23,24-7-3)25-8-4/h17H,5-16H2,1-4H3,(H,19,23). The summed E-state index contributed by atoms with van der Waals surface area (Å²) in [6.07, 6.45) is 4.09. The molecule has 1 rings (SSSR count). The Morgan fingerprint density at radius 3 is 2.00 bits per heavy atom. The van der Waals surface area contributed by atoms with Crippen molar-refractivity contribution in [2.24, 2.45) is 5.92 Å². The lowest BCUT2D eigenvalue weighted by atomic mass is 9.96. The molecule has 0 aromatic carbocycles. The SMILES string of the molecule is CCCC(CCC)C(=O)N1CCN(CCNP(=O)(OCC)OCC)CC1. The highest BCUT2D eigenvalue weighted by Gasteiger charge is 2.27. The molecule has 0 radical (unpaired) electrons. The second-order valence-electron chi connectivity index (χ2n) is 6.68. The molecule has 1 heterocycles. The summed E-state index contributed by atoms with van der Waals surface area (Å²) in [7, 11) is -3.18. The maximum Gasteiger partial charge on any atom is 0.405 e. The van der Waals surface area contributed by atoms with E-state index in [0.29, 0.717) is 25.7 Å². The van der Waals surface area contributed by atoms with E-state index in [2.05, 4.69) is 23.8 Å². The first kappa shape index (κ1) is 23.6. The van der Waals surface area contributed by atoms with Crippen molar-refractivity contribution in [3.05, 3.63) is 0 Å². The minimum Gasteiger partial charge on any atom is -0.340 e. The van der Waals surface area contributed by atoms with Gasteiger partial charge in [-0.2, -0.15) is 0 Å². The number of carbonyl (C=O) groups is 1. The Bertz CT molecular complexity index is 426. The van der Waals surface area contributed by atoms with Crippen molar-refractivity contribution in [3.63, 3.8) is 0 Å². The lowest BCUT2D eigenvalue weighted by Crippen LogP contribution is -2.51. The van der Waals surface area contributed by atoms with Crippen LogP contribution in [0.2, 0.25) is 0 Å².